The van der Waals surface area contributed by atoms with Gasteiger partial charge in [-0.05, 0) is 31.6 Å². The lowest BCUT2D eigenvalue weighted by molar-refractivity contribution is -0.161. The summed E-state index contributed by atoms with van der Waals surface area (Å²) in [5, 5.41) is 10.6. The Kier molecular flexibility index (Phi) is 67.7. The molecule has 95 heavy (non-hydrogen) atoms. The Morgan fingerprint density at radius 1 is 0.295 bits per heavy atom. The third-order valence-corrected chi connectivity index (χ3v) is 20.0. The molecule has 3 N–H and O–H groups in total. The van der Waals surface area contributed by atoms with E-state index in [9.17, 15) is 43.2 Å². The highest BCUT2D eigenvalue weighted by Gasteiger charge is 2.30. The highest BCUT2D eigenvalue weighted by Crippen LogP contribution is 2.45. The molecule has 0 aliphatic carbocycles. The molecule has 3 unspecified atom stereocenters. The van der Waals surface area contributed by atoms with E-state index in [1.54, 1.807) is 0 Å². The summed E-state index contributed by atoms with van der Waals surface area (Å²) in [7, 11) is -9.90. The second-order valence-electron chi connectivity index (χ2n) is 27.6. The Hall–Kier alpha value is -1.94. The summed E-state index contributed by atoms with van der Waals surface area (Å²) in [4.78, 5) is 72.6. The van der Waals surface area contributed by atoms with Crippen molar-refractivity contribution >= 4 is 39.5 Å². The van der Waals surface area contributed by atoms with Crippen molar-refractivity contribution in [1.82, 2.24) is 0 Å². The van der Waals surface area contributed by atoms with Crippen molar-refractivity contribution in [3.05, 3.63) is 0 Å². The van der Waals surface area contributed by atoms with E-state index in [1.165, 1.54) is 218 Å². The fourth-order valence-electron chi connectivity index (χ4n) is 11.7. The molecule has 0 aliphatic heterocycles. The lowest BCUT2D eigenvalue weighted by Gasteiger charge is -2.21. The van der Waals surface area contributed by atoms with Crippen LogP contribution in [0.1, 0.15) is 401 Å². The van der Waals surface area contributed by atoms with Gasteiger partial charge in [0.15, 0.2) is 12.2 Å². The minimum absolute atomic E-state index is 0.106. The SMILES string of the molecule is CCCCCCCCCCCCCCCCCCCCCCC(=O)O[C@H](COC(=O)CCCCCCCCCCCCCCCCC(C)CC)COP(=O)(O)OC[C@@H](O)COP(=O)(O)OC[C@@H](COC(=O)CCCCCCCCCC)OC(=O)CCCCCCCCCCC. The van der Waals surface area contributed by atoms with Gasteiger partial charge in [0.1, 0.15) is 19.3 Å². The maximum absolute atomic E-state index is 13.1. The number of esters is 4. The lowest BCUT2D eigenvalue weighted by atomic mass is 9.99. The van der Waals surface area contributed by atoms with Crippen molar-refractivity contribution in [2.75, 3.05) is 39.6 Å². The minimum Gasteiger partial charge on any atom is -0.462 e. The number of carbonyl (C=O) groups excluding carboxylic acids is 4. The monoisotopic (exact) mass is 1400 g/mol. The van der Waals surface area contributed by atoms with Crippen molar-refractivity contribution in [2.24, 2.45) is 5.92 Å². The average molecular weight is 1400 g/mol. The average Bonchev–Trinajstić information content (AvgIpc) is 2.88. The number of hydrogen-bond donors (Lipinski definition) is 3. The number of rotatable bonds is 76. The zero-order valence-electron chi connectivity index (χ0n) is 61.8. The molecule has 0 saturated carbocycles. The highest BCUT2D eigenvalue weighted by atomic mass is 31.2. The first kappa shape index (κ1) is 93.1. The van der Waals surface area contributed by atoms with Crippen molar-refractivity contribution in [2.45, 2.75) is 419 Å². The zero-order valence-corrected chi connectivity index (χ0v) is 63.6. The van der Waals surface area contributed by atoms with Crippen LogP contribution in [-0.2, 0) is 65.4 Å². The molecule has 0 aromatic carbocycles. The first-order valence-electron chi connectivity index (χ1n) is 39.7. The molecular formula is C76H148O17P2. The van der Waals surface area contributed by atoms with Gasteiger partial charge in [-0.25, -0.2) is 9.13 Å². The summed E-state index contributed by atoms with van der Waals surface area (Å²) in [5.41, 5.74) is 0. The third kappa shape index (κ3) is 69.0. The molecule has 0 aliphatic rings. The van der Waals surface area contributed by atoms with Crippen LogP contribution in [0.5, 0.6) is 0 Å². The van der Waals surface area contributed by atoms with Gasteiger partial charge in [-0.2, -0.15) is 0 Å². The molecule has 0 spiro atoms. The standard InChI is InChI=1S/C76H148O17P2/c1-6-10-13-16-19-22-23-24-25-26-27-28-29-30-35-38-42-47-52-57-62-76(81)93-72(66-87-74(79)60-55-50-45-41-37-34-32-31-33-36-40-43-48-53-58-69(5)9-4)68-91-95(84,85)89-64-70(77)63-88-94(82,83)90-67-71(65-86-73(78)59-54-49-44-21-18-15-12-8-3)92-75(80)61-56-51-46-39-20-17-14-11-7-2/h69-72,77H,6-68H2,1-5H3,(H,82,83)(H,84,85)/t69?,70-,71+,72+/m0/s1. The highest BCUT2D eigenvalue weighted by molar-refractivity contribution is 7.47. The van der Waals surface area contributed by atoms with E-state index in [1.807, 2.05) is 0 Å². The van der Waals surface area contributed by atoms with Gasteiger partial charge < -0.3 is 33.8 Å². The largest absolute Gasteiger partial charge is 0.472 e. The predicted octanol–water partition coefficient (Wildman–Crippen LogP) is 22.5. The van der Waals surface area contributed by atoms with Crippen LogP contribution in [0.25, 0.3) is 0 Å². The zero-order chi connectivity index (χ0) is 69.8. The molecule has 0 heterocycles. The molecule has 0 fully saturated rings. The third-order valence-electron chi connectivity index (χ3n) is 18.1. The van der Waals surface area contributed by atoms with E-state index in [4.69, 9.17) is 37.0 Å². The van der Waals surface area contributed by atoms with Crippen molar-refractivity contribution in [1.29, 1.82) is 0 Å². The molecule has 0 aromatic heterocycles. The molecule has 0 rings (SSSR count). The molecule has 0 aromatic rings. The number of ether oxygens (including phenoxy) is 4. The molecule has 19 heteroatoms. The predicted molar refractivity (Wildman–Crippen MR) is 386 cm³/mol. The van der Waals surface area contributed by atoms with Crippen LogP contribution in [0, 0.1) is 5.92 Å². The van der Waals surface area contributed by atoms with E-state index in [0.717, 1.165) is 102 Å². The summed E-state index contributed by atoms with van der Waals surface area (Å²) < 4.78 is 68.4. The summed E-state index contributed by atoms with van der Waals surface area (Å²) in [6.45, 7) is 7.30. The van der Waals surface area contributed by atoms with Crippen LogP contribution in [-0.4, -0.2) is 96.7 Å². The first-order valence-corrected chi connectivity index (χ1v) is 42.7. The molecular weight excluding hydrogens is 1250 g/mol. The van der Waals surface area contributed by atoms with Gasteiger partial charge >= 0.3 is 39.5 Å². The second kappa shape index (κ2) is 69.2. The number of phosphoric acid groups is 2. The maximum atomic E-state index is 13.1. The quantitative estimate of drug-likeness (QED) is 0.0222. The summed E-state index contributed by atoms with van der Waals surface area (Å²) in [6, 6.07) is 0. The number of aliphatic hydroxyl groups is 1. The van der Waals surface area contributed by atoms with Crippen molar-refractivity contribution in [3.63, 3.8) is 0 Å². The number of carbonyl (C=O) groups is 4. The van der Waals surface area contributed by atoms with Gasteiger partial charge in [-0.15, -0.1) is 0 Å². The van der Waals surface area contributed by atoms with E-state index in [2.05, 4.69) is 34.6 Å². The number of hydrogen-bond acceptors (Lipinski definition) is 15. The molecule has 0 amide bonds. The molecule has 6 atom stereocenters. The van der Waals surface area contributed by atoms with E-state index >= 15 is 0 Å². The van der Waals surface area contributed by atoms with Gasteiger partial charge in [-0.3, -0.25) is 37.3 Å². The topological polar surface area (TPSA) is 237 Å². The molecule has 0 bridgehead atoms. The molecule has 17 nitrogen and oxygen atoms in total. The number of aliphatic hydroxyl groups excluding tert-OH is 1. The molecule has 0 saturated heterocycles. The molecule has 564 valence electrons. The van der Waals surface area contributed by atoms with Crippen molar-refractivity contribution < 1.29 is 80.2 Å². The van der Waals surface area contributed by atoms with Crippen LogP contribution in [0.3, 0.4) is 0 Å². The van der Waals surface area contributed by atoms with Crippen LogP contribution in [0.2, 0.25) is 0 Å². The van der Waals surface area contributed by atoms with Gasteiger partial charge in [0, 0.05) is 25.7 Å². The Balaban J connectivity index is 5.16. The Morgan fingerprint density at radius 2 is 0.505 bits per heavy atom. The normalized spacial score (nSPS) is 14.2. The van der Waals surface area contributed by atoms with Gasteiger partial charge in [0.05, 0.1) is 26.4 Å². The summed E-state index contributed by atoms with van der Waals surface area (Å²) in [6.07, 6.45) is 58.4. The van der Waals surface area contributed by atoms with Crippen LogP contribution >= 0.6 is 15.6 Å². The van der Waals surface area contributed by atoms with Gasteiger partial charge in [-0.1, -0.05) is 349 Å². The smallest absolute Gasteiger partial charge is 0.462 e. The van der Waals surface area contributed by atoms with Gasteiger partial charge in [0.2, 0.25) is 0 Å². The number of phosphoric ester groups is 2. The van der Waals surface area contributed by atoms with E-state index in [-0.39, 0.29) is 25.7 Å². The lowest BCUT2D eigenvalue weighted by Crippen LogP contribution is -2.30. The van der Waals surface area contributed by atoms with E-state index < -0.39 is 97.5 Å². The van der Waals surface area contributed by atoms with Crippen LogP contribution in [0.15, 0.2) is 0 Å². The first-order chi connectivity index (χ1) is 46.1. The van der Waals surface area contributed by atoms with E-state index in [0.29, 0.717) is 25.7 Å². The second-order valence-corrected chi connectivity index (χ2v) is 30.5. The maximum Gasteiger partial charge on any atom is 0.472 e. The summed E-state index contributed by atoms with van der Waals surface area (Å²) in [5.74, 6) is -1.27. The van der Waals surface area contributed by atoms with Gasteiger partial charge in [0.25, 0.3) is 0 Å². The Bertz CT molecular complexity index is 1820. The Labute approximate surface area is 581 Å². The Morgan fingerprint density at radius 3 is 0.747 bits per heavy atom. The molecule has 0 radical (unpaired) electrons. The number of unbranched alkanes of at least 4 members (excludes halogenated alkanes) is 47. The fourth-order valence-corrected chi connectivity index (χ4v) is 13.3. The minimum atomic E-state index is -4.96. The summed E-state index contributed by atoms with van der Waals surface area (Å²) >= 11 is 0. The van der Waals surface area contributed by atoms with Crippen LogP contribution in [0.4, 0.5) is 0 Å². The fraction of sp³-hybridized carbons (Fsp3) is 0.947. The van der Waals surface area contributed by atoms with Crippen molar-refractivity contribution in [3.8, 4) is 0 Å². The van der Waals surface area contributed by atoms with Crippen LogP contribution < -0.4 is 0 Å².